The zero-order valence-electron chi connectivity index (χ0n) is 16.4. The number of aromatic nitrogens is 2. The van der Waals surface area contributed by atoms with E-state index < -0.39 is 11.2 Å². The molecule has 8 heteroatoms. The molecule has 2 aromatic heterocycles. The van der Waals surface area contributed by atoms with Crippen LogP contribution in [0.15, 0.2) is 41.2 Å². The maximum Gasteiger partial charge on any atom is 0.275 e. The van der Waals surface area contributed by atoms with E-state index in [1.165, 1.54) is 25.2 Å². The number of fused-ring (bicyclic) bond motifs is 1. The molecule has 1 aliphatic rings. The summed E-state index contributed by atoms with van der Waals surface area (Å²) in [6.45, 7) is 3.97. The van der Waals surface area contributed by atoms with Gasteiger partial charge in [0.15, 0.2) is 5.13 Å². The van der Waals surface area contributed by atoms with Crippen molar-refractivity contribution in [2.45, 2.75) is 44.9 Å². The highest BCUT2D eigenvalue weighted by molar-refractivity contribution is 7.22. The SMILES string of the molecule is CC(C)(F)c1cc2sc(N3CCCC3C(=O)NCc3ccccc3)nc2c(=O)[nH]1. The van der Waals surface area contributed by atoms with Gasteiger partial charge in [0.1, 0.15) is 17.2 Å². The van der Waals surface area contributed by atoms with Gasteiger partial charge in [-0.25, -0.2) is 9.37 Å². The number of nitrogens with zero attached hydrogens (tertiary/aromatic N) is 2. The van der Waals surface area contributed by atoms with Crippen molar-refractivity contribution in [2.24, 2.45) is 0 Å². The molecular formula is C21H23FN4O2S. The second-order valence-corrected chi connectivity index (χ2v) is 8.76. The van der Waals surface area contributed by atoms with Gasteiger partial charge >= 0.3 is 0 Å². The van der Waals surface area contributed by atoms with Crippen molar-refractivity contribution >= 4 is 32.6 Å². The number of pyridine rings is 1. The summed E-state index contributed by atoms with van der Waals surface area (Å²) in [5.41, 5.74) is -0.504. The second kappa shape index (κ2) is 7.59. The van der Waals surface area contributed by atoms with E-state index in [9.17, 15) is 14.0 Å². The van der Waals surface area contributed by atoms with Crippen molar-refractivity contribution in [2.75, 3.05) is 11.4 Å². The number of hydrogen-bond donors (Lipinski definition) is 2. The molecule has 1 aliphatic heterocycles. The molecule has 0 saturated carbocycles. The van der Waals surface area contributed by atoms with Crippen LogP contribution in [-0.4, -0.2) is 28.5 Å². The number of thiazole rings is 1. The van der Waals surface area contributed by atoms with Crippen LogP contribution in [0.3, 0.4) is 0 Å². The molecule has 4 rings (SSSR count). The number of carbonyl (C=O) groups is 1. The minimum absolute atomic E-state index is 0.0508. The first-order valence-electron chi connectivity index (χ1n) is 9.64. The van der Waals surface area contributed by atoms with E-state index in [0.717, 1.165) is 18.4 Å². The predicted molar refractivity (Wildman–Crippen MR) is 113 cm³/mol. The Kier molecular flexibility index (Phi) is 5.12. The number of halogens is 1. The molecule has 152 valence electrons. The van der Waals surface area contributed by atoms with E-state index in [0.29, 0.717) is 22.9 Å². The fourth-order valence-corrected chi connectivity index (χ4v) is 4.62. The molecule has 0 spiro atoms. The van der Waals surface area contributed by atoms with E-state index in [1.807, 2.05) is 35.2 Å². The van der Waals surface area contributed by atoms with E-state index in [4.69, 9.17) is 0 Å². The maximum atomic E-state index is 14.3. The molecule has 3 aromatic rings. The van der Waals surface area contributed by atoms with Crippen molar-refractivity contribution in [1.29, 1.82) is 0 Å². The zero-order valence-corrected chi connectivity index (χ0v) is 17.2. The van der Waals surface area contributed by atoms with Crippen molar-refractivity contribution in [3.8, 4) is 0 Å². The van der Waals surface area contributed by atoms with Gasteiger partial charge in [0.25, 0.3) is 5.56 Å². The summed E-state index contributed by atoms with van der Waals surface area (Å²) in [4.78, 5) is 34.1. The molecule has 1 amide bonds. The Balaban J connectivity index is 1.56. The summed E-state index contributed by atoms with van der Waals surface area (Å²) >= 11 is 1.32. The maximum absolute atomic E-state index is 14.3. The molecule has 0 bridgehead atoms. The number of anilines is 1. The minimum Gasteiger partial charge on any atom is -0.350 e. The molecule has 3 heterocycles. The Bertz CT molecular complexity index is 1090. The first-order valence-corrected chi connectivity index (χ1v) is 10.5. The van der Waals surface area contributed by atoms with Gasteiger partial charge in [-0.3, -0.25) is 9.59 Å². The molecule has 1 unspecified atom stereocenters. The molecule has 1 atom stereocenters. The van der Waals surface area contributed by atoms with Crippen LogP contribution in [0.5, 0.6) is 0 Å². The first-order chi connectivity index (χ1) is 13.8. The average Bonchev–Trinajstić information content (AvgIpc) is 3.33. The summed E-state index contributed by atoms with van der Waals surface area (Å²) in [7, 11) is 0. The van der Waals surface area contributed by atoms with Gasteiger partial charge in [0.05, 0.1) is 10.4 Å². The fourth-order valence-electron chi connectivity index (χ4n) is 3.54. The molecule has 1 saturated heterocycles. The standard InChI is InChI=1S/C21H23FN4O2S/c1-21(2,22)16-11-15-17(19(28)24-16)25-20(29-15)26-10-6-9-14(26)18(27)23-12-13-7-4-3-5-8-13/h3-5,7-8,11,14H,6,9-10,12H2,1-2H3,(H,23,27)(H,24,28). The summed E-state index contributed by atoms with van der Waals surface area (Å²) in [5, 5.41) is 3.62. The van der Waals surface area contributed by atoms with Crippen molar-refractivity contribution in [3.05, 3.63) is 58.0 Å². The van der Waals surface area contributed by atoms with E-state index in [1.54, 1.807) is 6.07 Å². The van der Waals surface area contributed by atoms with Gasteiger partial charge in [-0.05, 0) is 38.3 Å². The molecule has 1 fully saturated rings. The third kappa shape index (κ3) is 4.03. The lowest BCUT2D eigenvalue weighted by Crippen LogP contribution is -2.43. The summed E-state index contributed by atoms with van der Waals surface area (Å²) in [6, 6.07) is 11.1. The topological polar surface area (TPSA) is 78.1 Å². The molecule has 2 N–H and O–H groups in total. The zero-order chi connectivity index (χ0) is 20.6. The first kappa shape index (κ1) is 19.6. The molecule has 1 aromatic carbocycles. The minimum atomic E-state index is -1.65. The van der Waals surface area contributed by atoms with Crippen LogP contribution in [0.4, 0.5) is 9.52 Å². The van der Waals surface area contributed by atoms with Gasteiger partial charge < -0.3 is 15.2 Å². The number of H-pyrrole nitrogens is 1. The molecule has 0 aliphatic carbocycles. The second-order valence-electron chi connectivity index (χ2n) is 7.75. The largest absolute Gasteiger partial charge is 0.350 e. The van der Waals surface area contributed by atoms with Crippen LogP contribution in [0, 0.1) is 0 Å². The van der Waals surface area contributed by atoms with Crippen molar-refractivity contribution in [1.82, 2.24) is 15.3 Å². The molecular weight excluding hydrogens is 391 g/mol. The number of nitrogens with one attached hydrogen (secondary N) is 2. The third-order valence-corrected chi connectivity index (χ3v) is 6.17. The van der Waals surface area contributed by atoms with E-state index >= 15 is 0 Å². The number of rotatable bonds is 5. The van der Waals surface area contributed by atoms with E-state index in [2.05, 4.69) is 15.3 Å². The number of carbonyl (C=O) groups excluding carboxylic acids is 1. The van der Waals surface area contributed by atoms with Crippen LogP contribution in [0.2, 0.25) is 0 Å². The number of alkyl halides is 1. The van der Waals surface area contributed by atoms with E-state index in [-0.39, 0.29) is 23.2 Å². The number of hydrogen-bond acceptors (Lipinski definition) is 5. The smallest absolute Gasteiger partial charge is 0.275 e. The quantitative estimate of drug-likeness (QED) is 0.670. The van der Waals surface area contributed by atoms with Crippen LogP contribution in [0.25, 0.3) is 10.2 Å². The highest BCUT2D eigenvalue weighted by Crippen LogP contribution is 2.34. The third-order valence-electron chi connectivity index (χ3n) is 5.13. The highest BCUT2D eigenvalue weighted by Gasteiger charge is 2.33. The lowest BCUT2D eigenvalue weighted by molar-refractivity contribution is -0.122. The Morgan fingerprint density at radius 2 is 2.14 bits per heavy atom. The number of benzene rings is 1. The van der Waals surface area contributed by atoms with Crippen molar-refractivity contribution < 1.29 is 9.18 Å². The van der Waals surface area contributed by atoms with Crippen LogP contribution in [-0.2, 0) is 17.0 Å². The van der Waals surface area contributed by atoms with Crippen LogP contribution >= 0.6 is 11.3 Å². The van der Waals surface area contributed by atoms with Gasteiger partial charge in [0.2, 0.25) is 5.91 Å². The Labute approximate surface area is 171 Å². The average molecular weight is 415 g/mol. The Morgan fingerprint density at radius 1 is 1.38 bits per heavy atom. The Hall–Kier alpha value is -2.74. The van der Waals surface area contributed by atoms with Gasteiger partial charge in [-0.1, -0.05) is 41.7 Å². The molecule has 29 heavy (non-hydrogen) atoms. The van der Waals surface area contributed by atoms with Crippen LogP contribution in [0.1, 0.15) is 37.9 Å². The fraction of sp³-hybridized carbons (Fsp3) is 0.381. The van der Waals surface area contributed by atoms with Crippen LogP contribution < -0.4 is 15.8 Å². The lowest BCUT2D eigenvalue weighted by atomic mass is 10.1. The predicted octanol–water partition coefficient (Wildman–Crippen LogP) is 3.47. The lowest BCUT2D eigenvalue weighted by Gasteiger charge is -2.23. The monoisotopic (exact) mass is 414 g/mol. The van der Waals surface area contributed by atoms with Crippen molar-refractivity contribution in [3.63, 3.8) is 0 Å². The summed E-state index contributed by atoms with van der Waals surface area (Å²) in [6.07, 6.45) is 1.61. The van der Waals surface area contributed by atoms with Gasteiger partial charge in [0, 0.05) is 13.1 Å². The number of aromatic amines is 1. The Morgan fingerprint density at radius 3 is 2.86 bits per heavy atom. The molecule has 0 radical (unpaired) electrons. The number of amides is 1. The normalized spacial score (nSPS) is 17.1. The summed E-state index contributed by atoms with van der Waals surface area (Å²) < 4.78 is 14.9. The highest BCUT2D eigenvalue weighted by atomic mass is 32.1. The summed E-state index contributed by atoms with van der Waals surface area (Å²) in [5.74, 6) is -0.0508. The van der Waals surface area contributed by atoms with Gasteiger partial charge in [-0.2, -0.15) is 0 Å². The molecule has 6 nitrogen and oxygen atoms in total. The van der Waals surface area contributed by atoms with Gasteiger partial charge in [-0.15, -0.1) is 0 Å².